The summed E-state index contributed by atoms with van der Waals surface area (Å²) in [6, 6.07) is 5.73. The molecule has 1 aliphatic rings. The second-order valence-corrected chi connectivity index (χ2v) is 4.62. The van der Waals surface area contributed by atoms with E-state index in [1.165, 1.54) is 0 Å². The van der Waals surface area contributed by atoms with Crippen LogP contribution < -0.4 is 5.32 Å². The van der Waals surface area contributed by atoms with Crippen LogP contribution in [0.2, 0.25) is 5.02 Å². The summed E-state index contributed by atoms with van der Waals surface area (Å²) in [4.78, 5) is 0. The number of halogens is 2. The standard InChI is InChI=1S/C10H11BrClNO/c11-10-2-1-8(12)3-7(10)6-14-9-4-13-5-9/h1-3,9,13H,4-6H2. The molecule has 0 bridgehead atoms. The van der Waals surface area contributed by atoms with Crippen molar-refractivity contribution in [2.45, 2.75) is 12.7 Å². The zero-order chi connectivity index (χ0) is 9.97. The van der Waals surface area contributed by atoms with Gasteiger partial charge in [0, 0.05) is 22.6 Å². The maximum absolute atomic E-state index is 5.89. The molecule has 1 saturated heterocycles. The van der Waals surface area contributed by atoms with Crippen molar-refractivity contribution in [2.75, 3.05) is 13.1 Å². The van der Waals surface area contributed by atoms with E-state index in [0.717, 1.165) is 28.1 Å². The smallest absolute Gasteiger partial charge is 0.0828 e. The third kappa shape index (κ3) is 2.48. The SMILES string of the molecule is Clc1ccc(Br)c(COC2CNC2)c1. The lowest BCUT2D eigenvalue weighted by atomic mass is 10.2. The van der Waals surface area contributed by atoms with Gasteiger partial charge in [0.2, 0.25) is 0 Å². The summed E-state index contributed by atoms with van der Waals surface area (Å²) >= 11 is 9.36. The van der Waals surface area contributed by atoms with Crippen molar-refractivity contribution in [3.8, 4) is 0 Å². The summed E-state index contributed by atoms with van der Waals surface area (Å²) in [7, 11) is 0. The zero-order valence-corrected chi connectivity index (χ0v) is 9.94. The van der Waals surface area contributed by atoms with Crippen LogP contribution in [0.15, 0.2) is 22.7 Å². The lowest BCUT2D eigenvalue weighted by molar-refractivity contribution is 0.00734. The van der Waals surface area contributed by atoms with Gasteiger partial charge in [0.15, 0.2) is 0 Å². The molecule has 0 saturated carbocycles. The lowest BCUT2D eigenvalue weighted by Crippen LogP contribution is -2.48. The maximum Gasteiger partial charge on any atom is 0.0828 e. The monoisotopic (exact) mass is 275 g/mol. The van der Waals surface area contributed by atoms with Gasteiger partial charge in [-0.25, -0.2) is 0 Å². The van der Waals surface area contributed by atoms with Crippen LogP contribution in [0.3, 0.4) is 0 Å². The summed E-state index contributed by atoms with van der Waals surface area (Å²) in [6.07, 6.45) is 0.362. The Morgan fingerprint density at radius 1 is 1.50 bits per heavy atom. The molecule has 1 aromatic carbocycles. The van der Waals surface area contributed by atoms with E-state index in [-0.39, 0.29) is 0 Å². The number of ether oxygens (including phenoxy) is 1. The number of hydrogen-bond donors (Lipinski definition) is 1. The van der Waals surface area contributed by atoms with Crippen LogP contribution >= 0.6 is 27.5 Å². The molecule has 1 heterocycles. The second-order valence-electron chi connectivity index (χ2n) is 3.33. The summed E-state index contributed by atoms with van der Waals surface area (Å²) in [5.41, 5.74) is 1.10. The lowest BCUT2D eigenvalue weighted by Gasteiger charge is -2.27. The Labute approximate surface area is 96.7 Å². The van der Waals surface area contributed by atoms with Crippen LogP contribution in [0.4, 0.5) is 0 Å². The van der Waals surface area contributed by atoms with Crippen molar-refractivity contribution in [3.05, 3.63) is 33.3 Å². The third-order valence-electron chi connectivity index (χ3n) is 2.23. The molecule has 0 unspecified atom stereocenters. The van der Waals surface area contributed by atoms with Crippen LogP contribution in [0.1, 0.15) is 5.56 Å². The molecule has 76 valence electrons. The Morgan fingerprint density at radius 2 is 2.29 bits per heavy atom. The van der Waals surface area contributed by atoms with E-state index in [9.17, 15) is 0 Å². The summed E-state index contributed by atoms with van der Waals surface area (Å²) in [5, 5.41) is 3.91. The number of rotatable bonds is 3. The Balaban J connectivity index is 1.96. The van der Waals surface area contributed by atoms with Crippen molar-refractivity contribution >= 4 is 27.5 Å². The van der Waals surface area contributed by atoms with Crippen LogP contribution in [0.5, 0.6) is 0 Å². The first-order valence-corrected chi connectivity index (χ1v) is 5.69. The average molecular weight is 277 g/mol. The van der Waals surface area contributed by atoms with E-state index < -0.39 is 0 Å². The van der Waals surface area contributed by atoms with E-state index in [1.54, 1.807) is 0 Å². The molecule has 2 nitrogen and oxygen atoms in total. The molecule has 1 fully saturated rings. The molecule has 0 spiro atoms. The Morgan fingerprint density at radius 3 is 2.93 bits per heavy atom. The fourth-order valence-electron chi connectivity index (χ4n) is 1.24. The molecular weight excluding hydrogens is 265 g/mol. The number of hydrogen-bond acceptors (Lipinski definition) is 2. The molecule has 0 aromatic heterocycles. The van der Waals surface area contributed by atoms with E-state index in [2.05, 4.69) is 21.2 Å². The van der Waals surface area contributed by atoms with Crippen LogP contribution in [-0.2, 0) is 11.3 Å². The highest BCUT2D eigenvalue weighted by Gasteiger charge is 2.17. The largest absolute Gasteiger partial charge is 0.371 e. The molecule has 1 aliphatic heterocycles. The van der Waals surface area contributed by atoms with Gasteiger partial charge in [-0.05, 0) is 23.8 Å². The fourth-order valence-corrected chi connectivity index (χ4v) is 1.80. The highest BCUT2D eigenvalue weighted by atomic mass is 79.9. The predicted molar refractivity (Wildman–Crippen MR) is 60.6 cm³/mol. The minimum absolute atomic E-state index is 0.362. The molecule has 0 amide bonds. The van der Waals surface area contributed by atoms with Crippen molar-refractivity contribution in [3.63, 3.8) is 0 Å². The van der Waals surface area contributed by atoms with E-state index in [0.29, 0.717) is 12.7 Å². The molecule has 0 radical (unpaired) electrons. The zero-order valence-electron chi connectivity index (χ0n) is 7.59. The molecule has 4 heteroatoms. The topological polar surface area (TPSA) is 21.3 Å². The van der Waals surface area contributed by atoms with Gasteiger partial charge >= 0.3 is 0 Å². The molecule has 1 aromatic rings. The Kier molecular flexibility index (Phi) is 3.44. The summed E-state index contributed by atoms with van der Waals surface area (Å²) in [5.74, 6) is 0. The van der Waals surface area contributed by atoms with Gasteiger partial charge in [-0.1, -0.05) is 27.5 Å². The van der Waals surface area contributed by atoms with E-state index in [4.69, 9.17) is 16.3 Å². The Bertz CT molecular complexity index is 328. The average Bonchev–Trinajstić information content (AvgIpc) is 2.08. The minimum Gasteiger partial charge on any atom is -0.371 e. The predicted octanol–water partition coefficient (Wildman–Crippen LogP) is 2.59. The van der Waals surface area contributed by atoms with Gasteiger partial charge in [0.05, 0.1) is 12.7 Å². The van der Waals surface area contributed by atoms with Crippen molar-refractivity contribution < 1.29 is 4.74 Å². The van der Waals surface area contributed by atoms with Gasteiger partial charge in [0.1, 0.15) is 0 Å². The molecule has 14 heavy (non-hydrogen) atoms. The Hall–Kier alpha value is -0.0900. The first-order valence-electron chi connectivity index (χ1n) is 4.52. The van der Waals surface area contributed by atoms with E-state index >= 15 is 0 Å². The van der Waals surface area contributed by atoms with Crippen molar-refractivity contribution in [1.29, 1.82) is 0 Å². The second kappa shape index (κ2) is 4.62. The van der Waals surface area contributed by atoms with Crippen LogP contribution in [0, 0.1) is 0 Å². The summed E-state index contributed by atoms with van der Waals surface area (Å²) < 4.78 is 6.70. The highest BCUT2D eigenvalue weighted by molar-refractivity contribution is 9.10. The number of benzene rings is 1. The van der Waals surface area contributed by atoms with Gasteiger partial charge in [0.25, 0.3) is 0 Å². The van der Waals surface area contributed by atoms with Crippen LogP contribution in [-0.4, -0.2) is 19.2 Å². The van der Waals surface area contributed by atoms with Crippen molar-refractivity contribution in [2.24, 2.45) is 0 Å². The molecule has 1 N–H and O–H groups in total. The van der Waals surface area contributed by atoms with Gasteiger partial charge < -0.3 is 10.1 Å². The minimum atomic E-state index is 0.362. The molecule has 0 aliphatic carbocycles. The first kappa shape index (κ1) is 10.4. The molecular formula is C10H11BrClNO. The number of nitrogens with one attached hydrogen (secondary N) is 1. The van der Waals surface area contributed by atoms with Gasteiger partial charge in [-0.3, -0.25) is 0 Å². The fraction of sp³-hybridized carbons (Fsp3) is 0.400. The van der Waals surface area contributed by atoms with Crippen LogP contribution in [0.25, 0.3) is 0 Å². The van der Waals surface area contributed by atoms with Gasteiger partial charge in [-0.2, -0.15) is 0 Å². The summed E-state index contributed by atoms with van der Waals surface area (Å²) in [6.45, 7) is 2.53. The maximum atomic E-state index is 5.89. The quantitative estimate of drug-likeness (QED) is 0.916. The van der Waals surface area contributed by atoms with E-state index in [1.807, 2.05) is 18.2 Å². The molecule has 0 atom stereocenters. The van der Waals surface area contributed by atoms with Crippen molar-refractivity contribution in [1.82, 2.24) is 5.32 Å². The molecule has 2 rings (SSSR count). The van der Waals surface area contributed by atoms with Gasteiger partial charge in [-0.15, -0.1) is 0 Å². The highest BCUT2D eigenvalue weighted by Crippen LogP contribution is 2.22. The normalized spacial score (nSPS) is 16.7. The first-order chi connectivity index (χ1) is 6.75. The third-order valence-corrected chi connectivity index (χ3v) is 3.24.